The topological polar surface area (TPSA) is 56.0 Å². The van der Waals surface area contributed by atoms with Crippen LogP contribution in [0.15, 0.2) is 16.6 Å². The molecule has 0 unspecified atom stereocenters. The van der Waals surface area contributed by atoms with Crippen LogP contribution in [0.25, 0.3) is 0 Å². The number of rotatable bonds is 3. The molecule has 0 radical (unpaired) electrons. The zero-order valence-electron chi connectivity index (χ0n) is 7.22. The van der Waals surface area contributed by atoms with Crippen LogP contribution >= 0.6 is 15.9 Å². The average Bonchev–Trinajstić information content (AvgIpc) is 2.20. The number of nitrogens with one attached hydrogen (secondary N) is 1. The first-order valence-electron chi connectivity index (χ1n) is 3.93. The Kier molecular flexibility index (Phi) is 3.86. The molecular weight excluding hydrogens is 251 g/mol. The van der Waals surface area contributed by atoms with Gasteiger partial charge in [0.25, 0.3) is 0 Å². The molecule has 3 nitrogen and oxygen atoms in total. The molecule has 1 rings (SSSR count). The van der Waals surface area contributed by atoms with E-state index in [0.717, 1.165) is 0 Å². The Morgan fingerprint density at radius 3 is 2.86 bits per heavy atom. The van der Waals surface area contributed by atoms with Crippen molar-refractivity contribution in [3.05, 3.63) is 28.0 Å². The lowest BCUT2D eigenvalue weighted by atomic mass is 10.2. The van der Waals surface area contributed by atoms with Crippen LogP contribution in [0.1, 0.15) is 5.56 Å². The molecule has 5 heteroatoms. The van der Waals surface area contributed by atoms with Crippen molar-refractivity contribution in [1.29, 1.82) is 5.26 Å². The van der Waals surface area contributed by atoms with Gasteiger partial charge in [-0.3, -0.25) is 0 Å². The van der Waals surface area contributed by atoms with Gasteiger partial charge in [0.1, 0.15) is 6.07 Å². The van der Waals surface area contributed by atoms with E-state index in [1.165, 1.54) is 12.1 Å². The van der Waals surface area contributed by atoms with Crippen molar-refractivity contribution in [3.63, 3.8) is 0 Å². The Morgan fingerprint density at radius 1 is 1.57 bits per heavy atom. The number of hydrogen-bond acceptors (Lipinski definition) is 3. The van der Waals surface area contributed by atoms with Gasteiger partial charge in [-0.25, -0.2) is 4.39 Å². The van der Waals surface area contributed by atoms with Crippen LogP contribution in [-0.4, -0.2) is 18.3 Å². The summed E-state index contributed by atoms with van der Waals surface area (Å²) in [5.74, 6) is -0.516. The smallest absolute Gasteiger partial charge is 0.161 e. The summed E-state index contributed by atoms with van der Waals surface area (Å²) in [5, 5.41) is 19.8. The molecule has 0 aliphatic heterocycles. The molecule has 14 heavy (non-hydrogen) atoms. The third-order valence-corrected chi connectivity index (χ3v) is 2.41. The largest absolute Gasteiger partial charge is 0.395 e. The highest BCUT2D eigenvalue weighted by Crippen LogP contribution is 2.26. The molecule has 0 fully saturated rings. The van der Waals surface area contributed by atoms with E-state index < -0.39 is 5.82 Å². The highest BCUT2D eigenvalue weighted by atomic mass is 79.9. The maximum Gasteiger partial charge on any atom is 0.161 e. The van der Waals surface area contributed by atoms with Crippen LogP contribution < -0.4 is 5.32 Å². The lowest BCUT2D eigenvalue weighted by molar-refractivity contribution is 0.311. The summed E-state index contributed by atoms with van der Waals surface area (Å²) >= 11 is 2.98. The summed E-state index contributed by atoms with van der Waals surface area (Å²) in [4.78, 5) is 0. The number of hydrogen-bond donors (Lipinski definition) is 2. The zero-order valence-corrected chi connectivity index (χ0v) is 8.81. The summed E-state index contributed by atoms with van der Waals surface area (Å²) in [6.45, 7) is 0.201. The van der Waals surface area contributed by atoms with Crippen molar-refractivity contribution in [1.82, 2.24) is 0 Å². The number of nitrogens with zero attached hydrogens (tertiary/aromatic N) is 1. The molecular formula is C9H8BrFN2O. The molecule has 0 atom stereocenters. The van der Waals surface area contributed by atoms with Gasteiger partial charge in [-0.15, -0.1) is 0 Å². The molecule has 74 valence electrons. The molecule has 0 amide bonds. The van der Waals surface area contributed by atoms with Crippen LogP contribution in [0, 0.1) is 17.1 Å². The van der Waals surface area contributed by atoms with E-state index in [-0.39, 0.29) is 28.9 Å². The maximum atomic E-state index is 13.4. The van der Waals surface area contributed by atoms with Crippen LogP contribution in [0.4, 0.5) is 10.1 Å². The Bertz CT molecular complexity index is 376. The molecule has 2 N–H and O–H groups in total. The molecule has 0 saturated heterocycles. The van der Waals surface area contributed by atoms with Gasteiger partial charge in [0.15, 0.2) is 5.82 Å². The molecule has 0 bridgehead atoms. The molecule has 0 aliphatic rings. The van der Waals surface area contributed by atoms with Gasteiger partial charge in [0.05, 0.1) is 22.3 Å². The summed E-state index contributed by atoms with van der Waals surface area (Å²) in [5.41, 5.74) is 0.516. The first kappa shape index (κ1) is 11.0. The van der Waals surface area contributed by atoms with E-state index in [2.05, 4.69) is 21.2 Å². The number of nitriles is 1. The second kappa shape index (κ2) is 4.94. The number of halogens is 2. The Balaban J connectivity index is 3.00. The molecule has 0 aliphatic carbocycles. The van der Waals surface area contributed by atoms with Gasteiger partial charge in [0, 0.05) is 6.54 Å². The van der Waals surface area contributed by atoms with Crippen LogP contribution in [0.3, 0.4) is 0 Å². The maximum absolute atomic E-state index is 13.4. The predicted molar refractivity (Wildman–Crippen MR) is 54.4 cm³/mol. The zero-order chi connectivity index (χ0) is 10.6. The van der Waals surface area contributed by atoms with E-state index in [1.54, 1.807) is 0 Å². The van der Waals surface area contributed by atoms with Crippen molar-refractivity contribution in [3.8, 4) is 6.07 Å². The van der Waals surface area contributed by atoms with Crippen LogP contribution in [0.2, 0.25) is 0 Å². The second-order valence-electron chi connectivity index (χ2n) is 2.55. The van der Waals surface area contributed by atoms with Crippen LogP contribution in [0.5, 0.6) is 0 Å². The van der Waals surface area contributed by atoms with Gasteiger partial charge in [-0.05, 0) is 28.1 Å². The highest BCUT2D eigenvalue weighted by Gasteiger charge is 2.09. The quantitative estimate of drug-likeness (QED) is 0.871. The van der Waals surface area contributed by atoms with E-state index in [1.807, 2.05) is 6.07 Å². The summed E-state index contributed by atoms with van der Waals surface area (Å²) in [6.07, 6.45) is 0. The SMILES string of the molecule is N#Cc1ccc(NCCO)c(F)c1Br. The van der Waals surface area contributed by atoms with E-state index >= 15 is 0 Å². The van der Waals surface area contributed by atoms with Crippen molar-refractivity contribution >= 4 is 21.6 Å². The third kappa shape index (κ3) is 2.22. The minimum Gasteiger partial charge on any atom is -0.395 e. The second-order valence-corrected chi connectivity index (χ2v) is 3.34. The van der Waals surface area contributed by atoms with Crippen molar-refractivity contribution in [2.75, 3.05) is 18.5 Å². The summed E-state index contributed by atoms with van der Waals surface area (Å²) in [7, 11) is 0. The summed E-state index contributed by atoms with van der Waals surface area (Å²) in [6, 6.07) is 4.83. The van der Waals surface area contributed by atoms with E-state index in [9.17, 15) is 4.39 Å². The van der Waals surface area contributed by atoms with Gasteiger partial charge in [-0.2, -0.15) is 5.26 Å². The molecule has 1 aromatic rings. The normalized spacial score (nSPS) is 9.57. The van der Waals surface area contributed by atoms with Gasteiger partial charge >= 0.3 is 0 Å². The van der Waals surface area contributed by atoms with Crippen molar-refractivity contribution in [2.24, 2.45) is 0 Å². The van der Waals surface area contributed by atoms with E-state index in [0.29, 0.717) is 0 Å². The first-order chi connectivity index (χ1) is 6.70. The Morgan fingerprint density at radius 2 is 2.29 bits per heavy atom. The predicted octanol–water partition coefficient (Wildman–Crippen LogP) is 1.86. The standard InChI is InChI=1S/C9H8BrFN2O/c10-8-6(5-12)1-2-7(9(8)11)13-3-4-14/h1-2,13-14H,3-4H2. The monoisotopic (exact) mass is 258 g/mol. The van der Waals surface area contributed by atoms with Crippen molar-refractivity contribution in [2.45, 2.75) is 0 Å². The number of benzene rings is 1. The summed E-state index contributed by atoms with van der Waals surface area (Å²) < 4.78 is 13.6. The molecule has 0 heterocycles. The van der Waals surface area contributed by atoms with Gasteiger partial charge < -0.3 is 10.4 Å². The fraction of sp³-hybridized carbons (Fsp3) is 0.222. The number of anilines is 1. The first-order valence-corrected chi connectivity index (χ1v) is 4.73. The van der Waals surface area contributed by atoms with Crippen molar-refractivity contribution < 1.29 is 9.50 Å². The molecule has 0 spiro atoms. The number of aliphatic hydroxyl groups is 1. The van der Waals surface area contributed by atoms with E-state index in [4.69, 9.17) is 10.4 Å². The Labute approximate surface area is 89.3 Å². The lowest BCUT2D eigenvalue weighted by Gasteiger charge is -2.07. The fourth-order valence-corrected chi connectivity index (χ4v) is 1.40. The Hall–Kier alpha value is -1.12. The minimum atomic E-state index is -0.516. The fourth-order valence-electron chi connectivity index (χ4n) is 0.963. The molecule has 1 aromatic carbocycles. The van der Waals surface area contributed by atoms with Gasteiger partial charge in [-0.1, -0.05) is 0 Å². The third-order valence-electron chi connectivity index (χ3n) is 1.63. The highest BCUT2D eigenvalue weighted by molar-refractivity contribution is 9.10. The number of aliphatic hydroxyl groups excluding tert-OH is 1. The minimum absolute atomic E-state index is 0.0724. The average molecular weight is 259 g/mol. The van der Waals surface area contributed by atoms with Crippen LogP contribution in [-0.2, 0) is 0 Å². The molecule has 0 saturated carbocycles. The molecule has 0 aromatic heterocycles. The van der Waals surface area contributed by atoms with Gasteiger partial charge in [0.2, 0.25) is 0 Å². The lowest BCUT2D eigenvalue weighted by Crippen LogP contribution is -2.07.